The first-order chi connectivity index (χ1) is 5.83. The van der Waals surface area contributed by atoms with Crippen LogP contribution in [0, 0.1) is 6.57 Å². The Hall–Kier alpha value is -1.82. The van der Waals surface area contributed by atoms with Crippen LogP contribution in [-0.4, -0.2) is 5.97 Å². The molecular weight excluding hydrogens is 154 g/mol. The van der Waals surface area contributed by atoms with Gasteiger partial charge < -0.3 is 4.74 Å². The molecule has 3 nitrogen and oxygen atoms in total. The molecule has 1 aromatic carbocycles. The number of ether oxygens (including phenoxy) is 1. The van der Waals surface area contributed by atoms with Gasteiger partial charge in [-0.2, -0.15) is 0 Å². The summed E-state index contributed by atoms with van der Waals surface area (Å²) in [7, 11) is 0. The number of esters is 1. The van der Waals surface area contributed by atoms with Gasteiger partial charge in [-0.05, 0) is 12.1 Å². The Balaban J connectivity index is 2.59. The van der Waals surface area contributed by atoms with Crippen LogP contribution in [0.25, 0.3) is 4.85 Å². The summed E-state index contributed by atoms with van der Waals surface area (Å²) in [5.74, 6) is -0.397. The molecule has 0 radical (unpaired) electrons. The molecule has 3 heteroatoms. The van der Waals surface area contributed by atoms with E-state index < -0.39 is 12.2 Å². The van der Waals surface area contributed by atoms with Crippen LogP contribution in [0.3, 0.4) is 0 Å². The molecule has 1 heterocycles. The van der Waals surface area contributed by atoms with E-state index in [2.05, 4.69) is 4.85 Å². The lowest BCUT2D eigenvalue weighted by Crippen LogP contribution is -1.93. The normalized spacial score (nSPS) is 19.6. The van der Waals surface area contributed by atoms with E-state index in [1.165, 1.54) is 0 Å². The molecule has 1 aliphatic heterocycles. The van der Waals surface area contributed by atoms with Crippen LogP contribution in [0.4, 0.5) is 0 Å². The summed E-state index contributed by atoms with van der Waals surface area (Å²) in [5, 5.41) is 0. The molecule has 0 bridgehead atoms. The SMILES string of the molecule is [C-]#[N+]C1OC(=O)c2ccccc21. The summed E-state index contributed by atoms with van der Waals surface area (Å²) in [6.07, 6.45) is -0.728. The maximum Gasteiger partial charge on any atom is 0.396 e. The third-order valence-corrected chi connectivity index (χ3v) is 1.78. The Labute approximate surface area is 69.4 Å². The van der Waals surface area contributed by atoms with E-state index in [0.29, 0.717) is 11.1 Å². The fraction of sp³-hybridized carbons (Fsp3) is 0.111. The first kappa shape index (κ1) is 6.86. The predicted octanol–water partition coefficient (Wildman–Crippen LogP) is 1.77. The number of hydrogen-bond donors (Lipinski definition) is 0. The van der Waals surface area contributed by atoms with Gasteiger partial charge in [0.15, 0.2) is 0 Å². The first-order valence-corrected chi connectivity index (χ1v) is 3.49. The smallest absolute Gasteiger partial charge is 0.384 e. The second-order valence-corrected chi connectivity index (χ2v) is 2.47. The van der Waals surface area contributed by atoms with Gasteiger partial charge in [-0.1, -0.05) is 12.1 Å². The van der Waals surface area contributed by atoms with Crippen molar-refractivity contribution in [1.82, 2.24) is 0 Å². The van der Waals surface area contributed by atoms with Gasteiger partial charge >= 0.3 is 12.2 Å². The fourth-order valence-electron chi connectivity index (χ4n) is 1.22. The van der Waals surface area contributed by atoms with Crippen LogP contribution in [0.2, 0.25) is 0 Å². The van der Waals surface area contributed by atoms with E-state index >= 15 is 0 Å². The third kappa shape index (κ3) is 0.785. The molecule has 0 N–H and O–H groups in total. The van der Waals surface area contributed by atoms with Crippen LogP contribution in [0.15, 0.2) is 24.3 Å². The summed E-state index contributed by atoms with van der Waals surface area (Å²) in [6.45, 7) is 6.77. The first-order valence-electron chi connectivity index (χ1n) is 3.49. The van der Waals surface area contributed by atoms with Crippen molar-refractivity contribution in [3.05, 3.63) is 46.8 Å². The number of fused-ring (bicyclic) bond motifs is 1. The van der Waals surface area contributed by atoms with Crippen molar-refractivity contribution in [2.45, 2.75) is 6.23 Å². The number of nitrogens with zero attached hydrogens (tertiary/aromatic N) is 1. The summed E-state index contributed by atoms with van der Waals surface area (Å²) in [5.41, 5.74) is 1.19. The maximum atomic E-state index is 11.1. The Morgan fingerprint density at radius 3 is 2.92 bits per heavy atom. The molecule has 0 saturated carbocycles. The van der Waals surface area contributed by atoms with Crippen LogP contribution in [0.1, 0.15) is 22.1 Å². The molecule has 1 atom stereocenters. The average Bonchev–Trinajstić information content (AvgIpc) is 2.44. The molecule has 58 valence electrons. The number of benzene rings is 1. The molecule has 0 spiro atoms. The van der Waals surface area contributed by atoms with Gasteiger partial charge in [0.05, 0.1) is 11.1 Å². The highest BCUT2D eigenvalue weighted by Gasteiger charge is 2.34. The van der Waals surface area contributed by atoms with Crippen molar-refractivity contribution < 1.29 is 9.53 Å². The molecule has 0 amide bonds. The lowest BCUT2D eigenvalue weighted by Gasteiger charge is -1.92. The van der Waals surface area contributed by atoms with E-state index in [4.69, 9.17) is 11.3 Å². The molecule has 1 unspecified atom stereocenters. The van der Waals surface area contributed by atoms with Crippen molar-refractivity contribution in [1.29, 1.82) is 0 Å². The van der Waals surface area contributed by atoms with Crippen molar-refractivity contribution >= 4 is 5.97 Å². The quantitative estimate of drug-likeness (QED) is 0.426. The molecule has 0 saturated heterocycles. The van der Waals surface area contributed by atoms with Crippen molar-refractivity contribution in [2.75, 3.05) is 0 Å². The van der Waals surface area contributed by atoms with E-state index in [1.807, 2.05) is 0 Å². The Morgan fingerprint density at radius 1 is 1.42 bits per heavy atom. The van der Waals surface area contributed by atoms with Crippen LogP contribution < -0.4 is 0 Å². The molecule has 0 aliphatic carbocycles. The minimum absolute atomic E-state index is 0.397. The highest BCUT2D eigenvalue weighted by molar-refractivity contribution is 5.94. The van der Waals surface area contributed by atoms with Gasteiger partial charge in [0.25, 0.3) is 0 Å². The van der Waals surface area contributed by atoms with Crippen molar-refractivity contribution in [2.24, 2.45) is 0 Å². The second-order valence-electron chi connectivity index (χ2n) is 2.47. The lowest BCUT2D eigenvalue weighted by molar-refractivity contribution is 0.0463. The molecule has 2 rings (SSSR count). The number of cyclic esters (lactones) is 1. The molecular formula is C9H5NO2. The molecule has 1 aromatic rings. The van der Waals surface area contributed by atoms with Crippen molar-refractivity contribution in [3.63, 3.8) is 0 Å². The van der Waals surface area contributed by atoms with Gasteiger partial charge in [0.2, 0.25) is 0 Å². The van der Waals surface area contributed by atoms with Gasteiger partial charge in [-0.15, -0.1) is 0 Å². The van der Waals surface area contributed by atoms with Gasteiger partial charge in [-0.3, -0.25) is 4.85 Å². The lowest BCUT2D eigenvalue weighted by atomic mass is 10.1. The maximum absolute atomic E-state index is 11.1. The number of hydrogen-bond acceptors (Lipinski definition) is 2. The third-order valence-electron chi connectivity index (χ3n) is 1.78. The Morgan fingerprint density at radius 2 is 2.17 bits per heavy atom. The summed E-state index contributed by atoms with van der Waals surface area (Å²) in [6, 6.07) is 6.96. The Kier molecular flexibility index (Phi) is 1.34. The zero-order valence-corrected chi connectivity index (χ0v) is 6.15. The zero-order chi connectivity index (χ0) is 8.55. The van der Waals surface area contributed by atoms with E-state index in [0.717, 1.165) is 0 Å². The zero-order valence-electron chi connectivity index (χ0n) is 6.15. The van der Waals surface area contributed by atoms with E-state index in [9.17, 15) is 4.79 Å². The number of rotatable bonds is 0. The Bertz CT molecular complexity index is 378. The van der Waals surface area contributed by atoms with Gasteiger partial charge in [0.1, 0.15) is 0 Å². The molecule has 0 aromatic heterocycles. The minimum atomic E-state index is -0.728. The summed E-state index contributed by atoms with van der Waals surface area (Å²) in [4.78, 5) is 14.3. The van der Waals surface area contributed by atoms with Crippen LogP contribution in [-0.2, 0) is 4.74 Å². The summed E-state index contributed by atoms with van der Waals surface area (Å²) >= 11 is 0. The van der Waals surface area contributed by atoms with Crippen molar-refractivity contribution in [3.8, 4) is 0 Å². The largest absolute Gasteiger partial charge is 0.396 e. The fourth-order valence-corrected chi connectivity index (χ4v) is 1.22. The second kappa shape index (κ2) is 2.35. The van der Waals surface area contributed by atoms with Crippen LogP contribution in [0.5, 0.6) is 0 Å². The topological polar surface area (TPSA) is 30.7 Å². The number of carbonyl (C=O) groups excluding carboxylic acids is 1. The molecule has 12 heavy (non-hydrogen) atoms. The monoisotopic (exact) mass is 159 g/mol. The van der Waals surface area contributed by atoms with E-state index in [1.54, 1.807) is 24.3 Å². The highest BCUT2D eigenvalue weighted by Crippen LogP contribution is 2.30. The van der Waals surface area contributed by atoms with Gasteiger partial charge in [-0.25, -0.2) is 11.4 Å². The molecule has 0 fully saturated rings. The predicted molar refractivity (Wildman–Crippen MR) is 41.2 cm³/mol. The van der Waals surface area contributed by atoms with E-state index in [-0.39, 0.29) is 0 Å². The standard InChI is InChI=1S/C9H5NO2/c1-10-8-6-4-2-3-5-7(6)9(11)12-8/h2-5,8H. The number of carbonyl (C=O) groups is 1. The average molecular weight is 159 g/mol. The van der Waals surface area contributed by atoms with Crippen LogP contribution >= 0.6 is 0 Å². The summed E-state index contributed by atoms with van der Waals surface area (Å²) < 4.78 is 4.79. The minimum Gasteiger partial charge on any atom is -0.384 e. The van der Waals surface area contributed by atoms with Gasteiger partial charge in [0, 0.05) is 0 Å². The highest BCUT2D eigenvalue weighted by atomic mass is 16.6. The molecule has 1 aliphatic rings.